The summed E-state index contributed by atoms with van der Waals surface area (Å²) in [5.41, 5.74) is 4.87. The molecule has 0 aliphatic heterocycles. The molecular weight excluding hydrogens is 486 g/mol. The highest BCUT2D eigenvalue weighted by Crippen LogP contribution is 2.24. The Kier molecular flexibility index (Phi) is 11.5. The number of nitrogens with one attached hydrogen (secondary N) is 1. The van der Waals surface area contributed by atoms with Crippen molar-refractivity contribution in [3.05, 3.63) is 100 Å². The van der Waals surface area contributed by atoms with Gasteiger partial charge in [-0.2, -0.15) is 0 Å². The topological polar surface area (TPSA) is 46.2 Å². The number of aryl methyl sites for hydroxylation is 3. The lowest BCUT2D eigenvalue weighted by Gasteiger charge is -2.20. The van der Waals surface area contributed by atoms with E-state index in [1.54, 1.807) is 24.3 Å². The molecular formula is C31H40ClNO2S. The lowest BCUT2D eigenvalue weighted by molar-refractivity contribution is 0.539. The maximum atomic E-state index is 13.2. The van der Waals surface area contributed by atoms with E-state index in [0.717, 1.165) is 37.7 Å². The minimum atomic E-state index is -3.68. The summed E-state index contributed by atoms with van der Waals surface area (Å²) in [5.74, 6) is 0. The van der Waals surface area contributed by atoms with E-state index in [2.05, 4.69) is 67.1 Å². The second kappa shape index (κ2) is 14.6. The molecule has 0 bridgehead atoms. The molecule has 194 valence electrons. The molecule has 0 saturated heterocycles. The molecule has 3 rings (SSSR count). The lowest BCUT2D eigenvalue weighted by atomic mass is 9.97. The van der Waals surface area contributed by atoms with Crippen LogP contribution < -0.4 is 4.72 Å². The zero-order valence-corrected chi connectivity index (χ0v) is 23.3. The molecule has 0 spiro atoms. The Morgan fingerprint density at radius 1 is 0.667 bits per heavy atom. The molecule has 0 fully saturated rings. The number of sulfonamides is 1. The molecule has 1 unspecified atom stereocenters. The highest BCUT2D eigenvalue weighted by Gasteiger charge is 2.21. The van der Waals surface area contributed by atoms with Gasteiger partial charge in [0.1, 0.15) is 0 Å². The van der Waals surface area contributed by atoms with Crippen LogP contribution in [0.15, 0.2) is 77.7 Å². The molecule has 5 heteroatoms. The third-order valence-electron chi connectivity index (χ3n) is 6.69. The molecule has 3 aromatic rings. The number of rotatable bonds is 15. The summed E-state index contributed by atoms with van der Waals surface area (Å²) < 4.78 is 29.3. The van der Waals surface area contributed by atoms with E-state index in [1.165, 1.54) is 42.4 Å². The predicted molar refractivity (Wildman–Crippen MR) is 152 cm³/mol. The predicted octanol–water partition coefficient (Wildman–Crippen LogP) is 8.46. The number of hydrogen-bond donors (Lipinski definition) is 1. The Bertz CT molecular complexity index is 1140. The molecule has 0 aromatic heterocycles. The van der Waals surface area contributed by atoms with Gasteiger partial charge in [-0.1, -0.05) is 99.7 Å². The normalized spacial score (nSPS) is 12.5. The van der Waals surface area contributed by atoms with Crippen molar-refractivity contribution in [3.63, 3.8) is 0 Å². The van der Waals surface area contributed by atoms with Crippen LogP contribution in [-0.2, 0) is 29.3 Å². The lowest BCUT2D eigenvalue weighted by Crippen LogP contribution is -2.29. The van der Waals surface area contributed by atoms with E-state index in [4.69, 9.17) is 11.6 Å². The highest BCUT2D eigenvalue weighted by molar-refractivity contribution is 7.89. The SMILES string of the molecule is CCCCCCc1ccc(CCC(NS(=O)(=O)c2ccc(Cl)cc2)c2ccc(CCCC)cc2)cc1. The Morgan fingerprint density at radius 2 is 1.19 bits per heavy atom. The van der Waals surface area contributed by atoms with Crippen molar-refractivity contribution < 1.29 is 8.42 Å². The second-order valence-electron chi connectivity index (χ2n) is 9.64. The van der Waals surface area contributed by atoms with Crippen molar-refractivity contribution in [3.8, 4) is 0 Å². The minimum absolute atomic E-state index is 0.226. The van der Waals surface area contributed by atoms with Crippen molar-refractivity contribution in [2.75, 3.05) is 0 Å². The van der Waals surface area contributed by atoms with Crippen molar-refractivity contribution in [1.82, 2.24) is 4.72 Å². The monoisotopic (exact) mass is 525 g/mol. The number of benzene rings is 3. The summed E-state index contributed by atoms with van der Waals surface area (Å²) in [7, 11) is -3.68. The maximum absolute atomic E-state index is 13.2. The molecule has 0 saturated carbocycles. The van der Waals surface area contributed by atoms with Gasteiger partial charge in [-0.05, 0) is 85.0 Å². The molecule has 0 radical (unpaired) electrons. The minimum Gasteiger partial charge on any atom is -0.207 e. The average molecular weight is 526 g/mol. The summed E-state index contributed by atoms with van der Waals surface area (Å²) >= 11 is 5.97. The van der Waals surface area contributed by atoms with Crippen molar-refractivity contribution >= 4 is 21.6 Å². The first-order chi connectivity index (χ1) is 17.4. The molecule has 3 aromatic carbocycles. The Labute approximate surface area is 223 Å². The molecule has 0 aliphatic carbocycles. The van der Waals surface area contributed by atoms with Crippen LogP contribution in [-0.4, -0.2) is 8.42 Å². The van der Waals surface area contributed by atoms with Crippen molar-refractivity contribution in [2.24, 2.45) is 0 Å². The van der Waals surface area contributed by atoms with Gasteiger partial charge >= 0.3 is 0 Å². The van der Waals surface area contributed by atoms with Gasteiger partial charge < -0.3 is 0 Å². The Hall–Kier alpha value is -2.14. The molecule has 0 amide bonds. The summed E-state index contributed by atoms with van der Waals surface area (Å²) in [6.45, 7) is 4.42. The zero-order chi connectivity index (χ0) is 25.8. The van der Waals surface area contributed by atoms with E-state index in [-0.39, 0.29) is 10.9 Å². The van der Waals surface area contributed by atoms with E-state index >= 15 is 0 Å². The summed E-state index contributed by atoms with van der Waals surface area (Å²) in [6.07, 6.45) is 11.0. The standard InChI is InChI=1S/C31H40ClNO2S/c1-3-5-7-8-10-26-11-13-27(14-12-26)17-24-31(28-18-15-25(16-19-28)9-6-4-2)33-36(34,35)30-22-20-29(32)21-23-30/h11-16,18-23,31,33H,3-10,17,24H2,1-2H3. The molecule has 36 heavy (non-hydrogen) atoms. The molecule has 1 atom stereocenters. The van der Waals surface area contributed by atoms with Crippen molar-refractivity contribution in [1.29, 1.82) is 0 Å². The molecule has 3 nitrogen and oxygen atoms in total. The Balaban J connectivity index is 1.72. The first-order valence-electron chi connectivity index (χ1n) is 13.4. The summed E-state index contributed by atoms with van der Waals surface area (Å²) in [5, 5.41) is 0.516. The maximum Gasteiger partial charge on any atom is 0.241 e. The van der Waals surface area contributed by atoms with E-state index < -0.39 is 10.0 Å². The van der Waals surface area contributed by atoms with Crippen molar-refractivity contribution in [2.45, 2.75) is 89.0 Å². The van der Waals surface area contributed by atoms with Crippen LogP contribution in [0.4, 0.5) is 0 Å². The first kappa shape index (κ1) is 28.4. The van der Waals surface area contributed by atoms with Gasteiger partial charge in [0.25, 0.3) is 0 Å². The van der Waals surface area contributed by atoms with Gasteiger partial charge in [0.15, 0.2) is 0 Å². The fraction of sp³-hybridized carbons (Fsp3) is 0.419. The third-order valence-corrected chi connectivity index (χ3v) is 8.43. The fourth-order valence-corrected chi connectivity index (χ4v) is 5.78. The van der Waals surface area contributed by atoms with Crippen LogP contribution >= 0.6 is 11.6 Å². The molecule has 0 aliphatic rings. The summed E-state index contributed by atoms with van der Waals surface area (Å²) in [6, 6.07) is 23.2. The van der Waals surface area contributed by atoms with Gasteiger partial charge in [0.2, 0.25) is 10.0 Å². The molecule has 1 N–H and O–H groups in total. The second-order valence-corrected chi connectivity index (χ2v) is 11.8. The van der Waals surface area contributed by atoms with Gasteiger partial charge in [0, 0.05) is 11.1 Å². The fourth-order valence-electron chi connectivity index (χ4n) is 4.40. The summed E-state index contributed by atoms with van der Waals surface area (Å²) in [4.78, 5) is 0.226. The van der Waals surface area contributed by atoms with Crippen LogP contribution in [0.3, 0.4) is 0 Å². The first-order valence-corrected chi connectivity index (χ1v) is 15.2. The Morgan fingerprint density at radius 3 is 1.78 bits per heavy atom. The molecule has 0 heterocycles. The smallest absolute Gasteiger partial charge is 0.207 e. The van der Waals surface area contributed by atoms with E-state index in [9.17, 15) is 8.42 Å². The van der Waals surface area contributed by atoms with Crippen LogP contribution in [0.1, 0.15) is 87.1 Å². The highest BCUT2D eigenvalue weighted by atomic mass is 35.5. The van der Waals surface area contributed by atoms with Crippen LogP contribution in [0.5, 0.6) is 0 Å². The number of hydrogen-bond acceptors (Lipinski definition) is 2. The van der Waals surface area contributed by atoms with Crippen LogP contribution in [0, 0.1) is 0 Å². The van der Waals surface area contributed by atoms with Crippen LogP contribution in [0.2, 0.25) is 5.02 Å². The quantitative estimate of drug-likeness (QED) is 0.202. The number of halogens is 1. The van der Waals surface area contributed by atoms with Gasteiger partial charge in [0.05, 0.1) is 4.90 Å². The third kappa shape index (κ3) is 9.06. The van der Waals surface area contributed by atoms with Gasteiger partial charge in [-0.3, -0.25) is 0 Å². The van der Waals surface area contributed by atoms with E-state index in [0.29, 0.717) is 11.4 Å². The van der Waals surface area contributed by atoms with Crippen LogP contribution in [0.25, 0.3) is 0 Å². The van der Waals surface area contributed by atoms with Gasteiger partial charge in [-0.25, -0.2) is 13.1 Å². The van der Waals surface area contributed by atoms with Gasteiger partial charge in [-0.15, -0.1) is 0 Å². The largest absolute Gasteiger partial charge is 0.241 e. The average Bonchev–Trinajstić information content (AvgIpc) is 2.89. The zero-order valence-electron chi connectivity index (χ0n) is 21.7. The number of unbranched alkanes of at least 4 members (excludes halogenated alkanes) is 4. The van der Waals surface area contributed by atoms with E-state index in [1.807, 2.05) is 0 Å².